The maximum Gasteiger partial charge on any atom is 0.123 e. The lowest BCUT2D eigenvalue weighted by Gasteiger charge is -2.29. The van der Waals surface area contributed by atoms with E-state index in [-0.39, 0.29) is 0 Å². The predicted molar refractivity (Wildman–Crippen MR) is 100 cm³/mol. The second-order valence-corrected chi connectivity index (χ2v) is 7.56. The van der Waals surface area contributed by atoms with Crippen LogP contribution in [0.4, 0.5) is 0 Å². The zero-order valence-corrected chi connectivity index (χ0v) is 14.7. The number of para-hydroxylation sites is 1. The molecule has 2 aliphatic heterocycles. The number of rotatable bonds is 5. The third kappa shape index (κ3) is 3.61. The van der Waals surface area contributed by atoms with Crippen LogP contribution in [0, 0.1) is 0 Å². The molecule has 4 heteroatoms. The van der Waals surface area contributed by atoms with Gasteiger partial charge < -0.3 is 4.74 Å². The number of hydrogen-bond donors (Lipinski definition) is 1. The van der Waals surface area contributed by atoms with Gasteiger partial charge in [-0.05, 0) is 30.0 Å². The van der Waals surface area contributed by atoms with Gasteiger partial charge in [-0.15, -0.1) is 0 Å². The van der Waals surface area contributed by atoms with Gasteiger partial charge in [0.25, 0.3) is 0 Å². The summed E-state index contributed by atoms with van der Waals surface area (Å²) >= 11 is 1.86. The number of benzene rings is 2. The summed E-state index contributed by atoms with van der Waals surface area (Å²) in [5.74, 6) is 1.05. The first-order chi connectivity index (χ1) is 11.9. The van der Waals surface area contributed by atoms with Crippen LogP contribution >= 0.6 is 11.9 Å². The second kappa shape index (κ2) is 7.60. The minimum atomic E-state index is 0.497. The Labute approximate surface area is 148 Å². The van der Waals surface area contributed by atoms with Gasteiger partial charge in [-0.2, -0.15) is 0 Å². The molecule has 24 heavy (non-hydrogen) atoms. The van der Waals surface area contributed by atoms with Crippen molar-refractivity contribution in [2.75, 3.05) is 26.2 Å². The first-order valence-electron chi connectivity index (χ1n) is 8.79. The molecule has 0 radical (unpaired) electrons. The number of nitrogens with one attached hydrogen (secondary N) is 1. The highest BCUT2D eigenvalue weighted by atomic mass is 32.2. The van der Waals surface area contributed by atoms with E-state index in [2.05, 4.69) is 52.1 Å². The molecule has 1 unspecified atom stereocenters. The molecular weight excluding hydrogens is 316 g/mol. The molecule has 2 aromatic carbocycles. The Balaban J connectivity index is 1.25. The van der Waals surface area contributed by atoms with Crippen molar-refractivity contribution in [1.82, 2.24) is 9.62 Å². The summed E-state index contributed by atoms with van der Waals surface area (Å²) in [6, 6.07) is 17.3. The third-order valence-electron chi connectivity index (χ3n) is 4.87. The largest absolute Gasteiger partial charge is 0.493 e. The van der Waals surface area contributed by atoms with Gasteiger partial charge in [-0.1, -0.05) is 54.4 Å². The third-order valence-corrected chi connectivity index (χ3v) is 6.01. The van der Waals surface area contributed by atoms with Crippen LogP contribution < -0.4 is 9.46 Å². The number of nitrogens with zero attached hydrogens (tertiary/aromatic N) is 1. The highest BCUT2D eigenvalue weighted by Gasteiger charge is 2.21. The molecule has 0 bridgehead atoms. The summed E-state index contributed by atoms with van der Waals surface area (Å²) in [6.45, 7) is 5.20. The first-order valence-corrected chi connectivity index (χ1v) is 9.67. The lowest BCUT2D eigenvalue weighted by Crippen LogP contribution is -2.35. The molecule has 1 atom stereocenters. The average molecular weight is 340 g/mol. The van der Waals surface area contributed by atoms with Gasteiger partial charge >= 0.3 is 0 Å². The summed E-state index contributed by atoms with van der Waals surface area (Å²) in [5, 5.41) is 0.497. The lowest BCUT2D eigenvalue weighted by molar-refractivity contribution is 0.259. The Bertz CT molecular complexity index is 691. The van der Waals surface area contributed by atoms with Gasteiger partial charge in [0.15, 0.2) is 0 Å². The molecular formula is C20H24N2OS. The molecule has 1 N–H and O–H groups in total. The molecule has 2 aromatic rings. The Hall–Kier alpha value is -1.49. The van der Waals surface area contributed by atoms with Crippen LogP contribution in [0.1, 0.15) is 28.4 Å². The topological polar surface area (TPSA) is 24.5 Å². The van der Waals surface area contributed by atoms with Gasteiger partial charge in [-0.25, -0.2) is 0 Å². The summed E-state index contributed by atoms with van der Waals surface area (Å²) in [5.41, 5.74) is 4.35. The fraction of sp³-hybridized carbons (Fsp3) is 0.400. The highest BCUT2D eigenvalue weighted by molar-refractivity contribution is 7.97. The van der Waals surface area contributed by atoms with E-state index in [0.717, 1.165) is 38.4 Å². The van der Waals surface area contributed by atoms with Gasteiger partial charge in [0.2, 0.25) is 0 Å². The minimum absolute atomic E-state index is 0.497. The zero-order chi connectivity index (χ0) is 16.2. The SMILES string of the molecule is c1ccc2c(c1)CCN(CCNSC1CCOc3ccccc31)C2. The standard InChI is InChI=1S/C20H24N2OS/c1-2-6-17-15-22(12-9-16(17)5-1)13-11-21-24-20-10-14-23-19-8-4-3-7-18(19)20/h1-8,20-21H,9-15H2. The molecule has 0 aliphatic carbocycles. The molecule has 2 aliphatic rings. The molecule has 3 nitrogen and oxygen atoms in total. The van der Waals surface area contributed by atoms with Crippen molar-refractivity contribution in [2.45, 2.75) is 24.6 Å². The van der Waals surface area contributed by atoms with Crippen molar-refractivity contribution in [3.8, 4) is 5.75 Å². The molecule has 2 heterocycles. The summed E-state index contributed by atoms with van der Waals surface area (Å²) in [6.07, 6.45) is 2.25. The van der Waals surface area contributed by atoms with E-state index in [1.807, 2.05) is 18.0 Å². The maximum atomic E-state index is 5.74. The molecule has 126 valence electrons. The van der Waals surface area contributed by atoms with E-state index >= 15 is 0 Å². The first kappa shape index (κ1) is 16.0. The summed E-state index contributed by atoms with van der Waals surface area (Å²) in [4.78, 5) is 2.55. The van der Waals surface area contributed by atoms with Crippen LogP contribution in [0.25, 0.3) is 0 Å². The molecule has 0 saturated carbocycles. The number of fused-ring (bicyclic) bond motifs is 2. The smallest absolute Gasteiger partial charge is 0.123 e. The molecule has 0 spiro atoms. The Morgan fingerprint density at radius 2 is 1.92 bits per heavy atom. The van der Waals surface area contributed by atoms with Crippen LogP contribution in [0.15, 0.2) is 48.5 Å². The maximum absolute atomic E-state index is 5.74. The number of ether oxygens (including phenoxy) is 1. The van der Waals surface area contributed by atoms with Crippen LogP contribution in [0.2, 0.25) is 0 Å². The predicted octanol–water partition coefficient (Wildman–Crippen LogP) is 3.81. The normalized spacial score (nSPS) is 20.1. The molecule has 0 aromatic heterocycles. The van der Waals surface area contributed by atoms with E-state index < -0.39 is 0 Å². The Morgan fingerprint density at radius 3 is 2.88 bits per heavy atom. The van der Waals surface area contributed by atoms with E-state index in [1.54, 1.807) is 0 Å². The van der Waals surface area contributed by atoms with Gasteiger partial charge in [0, 0.05) is 31.7 Å². The lowest BCUT2D eigenvalue weighted by atomic mass is 10.0. The summed E-state index contributed by atoms with van der Waals surface area (Å²) < 4.78 is 9.33. The Morgan fingerprint density at radius 1 is 1.08 bits per heavy atom. The van der Waals surface area contributed by atoms with Crippen molar-refractivity contribution in [1.29, 1.82) is 0 Å². The molecule has 4 rings (SSSR count). The van der Waals surface area contributed by atoms with Gasteiger partial charge in [-0.3, -0.25) is 9.62 Å². The quantitative estimate of drug-likeness (QED) is 0.661. The van der Waals surface area contributed by atoms with Crippen LogP contribution in [0.3, 0.4) is 0 Å². The highest BCUT2D eigenvalue weighted by Crippen LogP contribution is 2.39. The fourth-order valence-corrected chi connectivity index (χ4v) is 4.49. The molecule has 0 fully saturated rings. The van der Waals surface area contributed by atoms with Crippen molar-refractivity contribution in [3.05, 3.63) is 65.2 Å². The van der Waals surface area contributed by atoms with Crippen LogP contribution in [0.5, 0.6) is 5.75 Å². The number of hydrogen-bond acceptors (Lipinski definition) is 4. The fourth-order valence-electron chi connectivity index (χ4n) is 3.54. The second-order valence-electron chi connectivity index (χ2n) is 6.47. The van der Waals surface area contributed by atoms with Crippen LogP contribution in [-0.2, 0) is 13.0 Å². The van der Waals surface area contributed by atoms with E-state index in [9.17, 15) is 0 Å². The van der Waals surface area contributed by atoms with Crippen molar-refractivity contribution < 1.29 is 4.74 Å². The van der Waals surface area contributed by atoms with Crippen molar-refractivity contribution >= 4 is 11.9 Å². The monoisotopic (exact) mass is 340 g/mol. The van der Waals surface area contributed by atoms with E-state index in [1.165, 1.54) is 29.7 Å². The van der Waals surface area contributed by atoms with Crippen LogP contribution in [-0.4, -0.2) is 31.1 Å². The van der Waals surface area contributed by atoms with E-state index in [0.29, 0.717) is 5.25 Å². The zero-order valence-electron chi connectivity index (χ0n) is 13.9. The minimum Gasteiger partial charge on any atom is -0.493 e. The molecule has 0 saturated heterocycles. The van der Waals surface area contributed by atoms with Crippen molar-refractivity contribution in [2.24, 2.45) is 0 Å². The average Bonchev–Trinajstić information content (AvgIpc) is 2.65. The van der Waals surface area contributed by atoms with Gasteiger partial charge in [0.1, 0.15) is 5.75 Å². The summed E-state index contributed by atoms with van der Waals surface area (Å²) in [7, 11) is 0. The van der Waals surface area contributed by atoms with Crippen molar-refractivity contribution in [3.63, 3.8) is 0 Å². The Kier molecular flexibility index (Phi) is 5.07. The molecule has 0 amide bonds. The van der Waals surface area contributed by atoms with Gasteiger partial charge in [0.05, 0.1) is 11.9 Å². The van der Waals surface area contributed by atoms with E-state index in [4.69, 9.17) is 4.74 Å².